The Kier molecular flexibility index (Phi) is 6.40. The van der Waals surface area contributed by atoms with Gasteiger partial charge in [-0.2, -0.15) is 0 Å². The molecular formula is C18H26N2O7. The van der Waals surface area contributed by atoms with Crippen LogP contribution in [0.4, 0.5) is 0 Å². The lowest BCUT2D eigenvalue weighted by atomic mass is 9.76. The van der Waals surface area contributed by atoms with Crippen LogP contribution in [0.25, 0.3) is 0 Å². The number of likely N-dealkylation sites (tertiary alicyclic amines) is 1. The predicted molar refractivity (Wildman–Crippen MR) is 95.4 cm³/mol. The number of pyridine rings is 1. The Bertz CT molecular complexity index is 735. The summed E-state index contributed by atoms with van der Waals surface area (Å²) in [6, 6.07) is 2.94. The quantitative estimate of drug-likeness (QED) is 0.563. The van der Waals surface area contributed by atoms with E-state index in [4.69, 9.17) is 14.6 Å². The fourth-order valence-corrected chi connectivity index (χ4v) is 3.60. The fourth-order valence-electron chi connectivity index (χ4n) is 3.60. The Balaban J connectivity index is 0.000000817. The molecule has 9 nitrogen and oxygen atoms in total. The summed E-state index contributed by atoms with van der Waals surface area (Å²) in [5, 5.41) is 27.0. The van der Waals surface area contributed by atoms with Crippen LogP contribution in [0.1, 0.15) is 36.5 Å². The van der Waals surface area contributed by atoms with Gasteiger partial charge in [-0.25, -0.2) is 0 Å². The maximum absolute atomic E-state index is 12.6. The molecule has 0 bridgehead atoms. The Hall–Kier alpha value is -2.23. The number of rotatable bonds is 1. The van der Waals surface area contributed by atoms with Crippen LogP contribution in [0.15, 0.2) is 23.1 Å². The highest BCUT2D eigenvalue weighted by atomic mass is 16.5. The molecule has 2 atom stereocenters. The number of aliphatic hydroxyl groups is 2. The highest BCUT2D eigenvalue weighted by molar-refractivity contribution is 5.94. The minimum Gasteiger partial charge on any atom is -0.483 e. The number of amides is 1. The minimum atomic E-state index is -1.16. The van der Waals surface area contributed by atoms with E-state index < -0.39 is 17.3 Å². The molecule has 3 heterocycles. The predicted octanol–water partition coefficient (Wildman–Crippen LogP) is -0.407. The van der Waals surface area contributed by atoms with Crippen LogP contribution in [0, 0.1) is 0 Å². The summed E-state index contributed by atoms with van der Waals surface area (Å²) in [5.41, 5.74) is -1.31. The largest absolute Gasteiger partial charge is 0.483 e. The second-order valence-electron chi connectivity index (χ2n) is 7.31. The zero-order chi connectivity index (χ0) is 20.2. The van der Waals surface area contributed by atoms with Crippen molar-refractivity contribution in [3.63, 3.8) is 0 Å². The molecule has 3 N–H and O–H groups in total. The highest BCUT2D eigenvalue weighted by Gasteiger charge is 2.49. The highest BCUT2D eigenvalue weighted by Crippen LogP contribution is 2.39. The van der Waals surface area contributed by atoms with E-state index in [0.717, 1.165) is 0 Å². The molecule has 0 radical (unpaired) electrons. The van der Waals surface area contributed by atoms with Crippen LogP contribution >= 0.6 is 0 Å². The van der Waals surface area contributed by atoms with Gasteiger partial charge in [0.1, 0.15) is 6.10 Å². The molecule has 1 spiro atoms. The molecule has 0 unspecified atom stereocenters. The summed E-state index contributed by atoms with van der Waals surface area (Å²) in [7, 11) is 1.62. The van der Waals surface area contributed by atoms with Gasteiger partial charge < -0.3 is 29.5 Å². The van der Waals surface area contributed by atoms with E-state index >= 15 is 0 Å². The van der Waals surface area contributed by atoms with E-state index in [2.05, 4.69) is 0 Å². The van der Waals surface area contributed by atoms with Crippen molar-refractivity contribution in [2.75, 3.05) is 19.7 Å². The van der Waals surface area contributed by atoms with E-state index in [1.165, 1.54) is 10.6 Å². The van der Waals surface area contributed by atoms with Crippen molar-refractivity contribution >= 4 is 12.4 Å². The Morgan fingerprint density at radius 1 is 1.33 bits per heavy atom. The van der Waals surface area contributed by atoms with Crippen LogP contribution in [0.3, 0.4) is 0 Å². The van der Waals surface area contributed by atoms with Crippen molar-refractivity contribution in [3.05, 3.63) is 34.2 Å². The second kappa shape index (κ2) is 8.20. The molecule has 27 heavy (non-hydrogen) atoms. The van der Waals surface area contributed by atoms with Crippen LogP contribution in [0.2, 0.25) is 0 Å². The van der Waals surface area contributed by atoms with Crippen molar-refractivity contribution in [2.45, 2.75) is 43.5 Å². The topological polar surface area (TPSA) is 129 Å². The maximum Gasteiger partial charge on any atom is 0.290 e. The average Bonchev–Trinajstić information content (AvgIpc) is 2.61. The van der Waals surface area contributed by atoms with E-state index in [1.807, 2.05) is 0 Å². The van der Waals surface area contributed by atoms with E-state index in [9.17, 15) is 19.8 Å². The number of aliphatic hydroxyl groups excluding tert-OH is 1. The Morgan fingerprint density at radius 3 is 2.44 bits per heavy atom. The van der Waals surface area contributed by atoms with Crippen LogP contribution in [0.5, 0.6) is 0 Å². The third-order valence-electron chi connectivity index (χ3n) is 5.24. The zero-order valence-corrected chi connectivity index (χ0v) is 15.5. The lowest BCUT2D eigenvalue weighted by Gasteiger charge is -2.49. The molecule has 1 aromatic rings. The monoisotopic (exact) mass is 382 g/mol. The molecule has 1 amide bonds. The van der Waals surface area contributed by atoms with E-state index in [-0.39, 0.29) is 24.5 Å². The molecule has 2 saturated heterocycles. The first-order valence-electron chi connectivity index (χ1n) is 8.72. The lowest BCUT2D eigenvalue weighted by molar-refractivity contribution is -0.221. The number of ether oxygens (including phenoxy) is 1. The van der Waals surface area contributed by atoms with Gasteiger partial charge in [0.05, 0.1) is 23.4 Å². The molecule has 9 heteroatoms. The number of hydrogen-bond acceptors (Lipinski definition) is 6. The third-order valence-corrected chi connectivity index (χ3v) is 5.24. The van der Waals surface area contributed by atoms with Crippen molar-refractivity contribution in [3.8, 4) is 0 Å². The van der Waals surface area contributed by atoms with Crippen molar-refractivity contribution in [1.29, 1.82) is 0 Å². The summed E-state index contributed by atoms with van der Waals surface area (Å²) in [6.45, 7) is 2.54. The number of carboxylic acid groups (broad SMARTS) is 1. The first kappa shape index (κ1) is 21.1. The number of nitrogens with zero attached hydrogens (tertiary/aromatic N) is 2. The van der Waals surface area contributed by atoms with Gasteiger partial charge in [0.15, 0.2) is 0 Å². The molecule has 2 fully saturated rings. The minimum absolute atomic E-state index is 0.108. The molecule has 1 aromatic heterocycles. The molecule has 0 aromatic carbocycles. The van der Waals surface area contributed by atoms with Gasteiger partial charge >= 0.3 is 0 Å². The number of aromatic nitrogens is 1. The smallest absolute Gasteiger partial charge is 0.290 e. The van der Waals surface area contributed by atoms with Gasteiger partial charge in [0, 0.05) is 38.8 Å². The molecule has 2 aliphatic heterocycles. The van der Waals surface area contributed by atoms with Crippen LogP contribution in [-0.2, 0) is 16.6 Å². The summed E-state index contributed by atoms with van der Waals surface area (Å²) in [6.07, 6.45) is 2.27. The molecule has 0 saturated carbocycles. The van der Waals surface area contributed by atoms with Gasteiger partial charge in [-0.05, 0) is 25.8 Å². The molecule has 3 rings (SSSR count). The molecule has 150 valence electrons. The normalized spacial score (nSPS) is 26.8. The first-order valence-corrected chi connectivity index (χ1v) is 8.72. The summed E-state index contributed by atoms with van der Waals surface area (Å²) in [5.74, 6) is -0.108. The van der Waals surface area contributed by atoms with Crippen LogP contribution in [-0.4, -0.2) is 74.2 Å². The van der Waals surface area contributed by atoms with Gasteiger partial charge in [0.25, 0.3) is 12.4 Å². The van der Waals surface area contributed by atoms with Crippen molar-refractivity contribution < 1.29 is 29.6 Å². The Morgan fingerprint density at radius 2 is 1.93 bits per heavy atom. The number of piperidine rings is 1. The Labute approximate surface area is 156 Å². The van der Waals surface area contributed by atoms with Gasteiger partial charge in [0.2, 0.25) is 5.56 Å². The number of aryl methyl sites for hydroxylation is 1. The van der Waals surface area contributed by atoms with Gasteiger partial charge in [-0.1, -0.05) is 0 Å². The zero-order valence-electron chi connectivity index (χ0n) is 15.5. The average molecular weight is 382 g/mol. The lowest BCUT2D eigenvalue weighted by Crippen LogP contribution is -2.59. The second-order valence-corrected chi connectivity index (χ2v) is 7.31. The summed E-state index contributed by atoms with van der Waals surface area (Å²) < 4.78 is 7.22. The number of hydrogen-bond donors (Lipinski definition) is 3. The van der Waals surface area contributed by atoms with Crippen molar-refractivity contribution in [1.82, 2.24) is 9.47 Å². The number of carbonyl (C=O) groups excluding carboxylic acids is 1. The number of carbonyl (C=O) groups is 2. The summed E-state index contributed by atoms with van der Waals surface area (Å²) >= 11 is 0. The first-order chi connectivity index (χ1) is 12.6. The van der Waals surface area contributed by atoms with Gasteiger partial charge in [-0.3, -0.25) is 14.4 Å². The van der Waals surface area contributed by atoms with E-state index in [0.29, 0.717) is 37.9 Å². The van der Waals surface area contributed by atoms with E-state index in [1.54, 1.807) is 31.1 Å². The molecule has 0 aliphatic carbocycles. The third kappa shape index (κ3) is 4.74. The molecular weight excluding hydrogens is 356 g/mol. The van der Waals surface area contributed by atoms with Gasteiger partial charge in [-0.15, -0.1) is 0 Å². The standard InChI is InChI=1S/C17H24N2O5.CH2O2/c1-16(23)11-17(24-10-13(16)20)5-7-19(8-6-17)15(22)12-3-4-14(21)18(2)9-12;2-1-3/h3-4,9,13,20,23H,5-8,10-11H2,1-2H3;1H,(H,2,3)/t13-,16-;/m0./s1. The molecule has 2 aliphatic rings. The fraction of sp³-hybridized carbons (Fsp3) is 0.611. The SMILES string of the molecule is Cn1cc(C(=O)N2CCC3(CC2)C[C@](C)(O)[C@@H](O)CO3)ccc1=O.O=CO. The van der Waals surface area contributed by atoms with Crippen LogP contribution < -0.4 is 5.56 Å². The summed E-state index contributed by atoms with van der Waals surface area (Å²) in [4.78, 5) is 34.1. The maximum atomic E-state index is 12.6. The van der Waals surface area contributed by atoms with Crippen molar-refractivity contribution in [2.24, 2.45) is 7.05 Å².